The van der Waals surface area contributed by atoms with E-state index in [0.717, 1.165) is 33.6 Å². The first-order chi connectivity index (χ1) is 20.4. The number of nitrogens with two attached hydrogens (primary N) is 1. The van der Waals surface area contributed by atoms with Crippen LogP contribution in [0, 0.1) is 12.8 Å². The Labute approximate surface area is 254 Å². The molecule has 6 rings (SSSR count). The molecule has 14 heteroatoms. The summed E-state index contributed by atoms with van der Waals surface area (Å²) < 4.78 is 24.3. The molecule has 1 fully saturated rings. The fraction of sp³-hybridized carbons (Fsp3) is 0.172. The Bertz CT molecular complexity index is 1950. The molecule has 2 aliphatic heterocycles. The Kier molecular flexibility index (Phi) is 7.24. The maximum Gasteiger partial charge on any atom is 0.308 e. The third-order valence-electron chi connectivity index (χ3n) is 7.38. The number of phenolic OH excluding ortho intramolecular Hbond substituents is 1. The molecule has 3 amide bonds. The topological polar surface area (TPSA) is 169 Å². The maximum atomic E-state index is 13.9. The molecule has 3 atom stereocenters. The molecule has 4 N–H and O–H groups in total. The van der Waals surface area contributed by atoms with Crippen molar-refractivity contribution in [2.24, 2.45) is 11.1 Å². The van der Waals surface area contributed by atoms with E-state index in [1.807, 2.05) is 6.92 Å². The van der Waals surface area contributed by atoms with Crippen LogP contribution < -0.4 is 20.2 Å². The standard InChI is InChI=1S/C29H24N4O7S3/c1-15-6-10-17(11-7-15)33-26(36)23-22(19-4-2-3-5-20(19)34)25-28(41-24(23)27(33)37)32(29(38)42-25)14-21(35)31-16-8-12-18(13-9-16)43(30,39)40/h2-13,22-24,34H,14H2,1H3,(H,31,35)(H2,30,39,40)/t22-,23?,24?/m0/s1. The lowest BCUT2D eigenvalue weighted by atomic mass is 9.82. The van der Waals surface area contributed by atoms with Gasteiger partial charge in [-0.25, -0.2) is 18.5 Å². The number of primary sulfonamides is 1. The number of carbonyl (C=O) groups excluding carboxylic acids is 3. The molecule has 43 heavy (non-hydrogen) atoms. The van der Waals surface area contributed by atoms with E-state index in [0.29, 0.717) is 26.8 Å². The van der Waals surface area contributed by atoms with Crippen LogP contribution in [0.5, 0.6) is 5.75 Å². The fourth-order valence-corrected chi connectivity index (χ4v) is 8.64. The van der Waals surface area contributed by atoms with Gasteiger partial charge in [0, 0.05) is 22.0 Å². The van der Waals surface area contributed by atoms with Gasteiger partial charge in [0.15, 0.2) is 0 Å². The fourth-order valence-electron chi connectivity index (χ4n) is 5.36. The van der Waals surface area contributed by atoms with Gasteiger partial charge in [-0.2, -0.15) is 0 Å². The zero-order valence-electron chi connectivity index (χ0n) is 22.5. The second-order valence-corrected chi connectivity index (χ2v) is 13.9. The summed E-state index contributed by atoms with van der Waals surface area (Å²) in [5.74, 6) is -3.22. The average Bonchev–Trinajstić information content (AvgIpc) is 3.40. The first-order valence-corrected chi connectivity index (χ1v) is 16.2. The number of thioether (sulfide) groups is 1. The molecule has 11 nitrogen and oxygen atoms in total. The second-order valence-electron chi connectivity index (χ2n) is 10.2. The molecule has 0 radical (unpaired) electrons. The van der Waals surface area contributed by atoms with Crippen LogP contribution in [0.1, 0.15) is 21.9 Å². The van der Waals surface area contributed by atoms with Crippen LogP contribution in [0.2, 0.25) is 0 Å². The van der Waals surface area contributed by atoms with E-state index in [2.05, 4.69) is 5.32 Å². The Morgan fingerprint density at radius 3 is 2.30 bits per heavy atom. The van der Waals surface area contributed by atoms with E-state index in [9.17, 15) is 32.7 Å². The van der Waals surface area contributed by atoms with Gasteiger partial charge in [0.1, 0.15) is 17.5 Å². The largest absolute Gasteiger partial charge is 0.508 e. The number of aromatic hydroxyl groups is 1. The van der Waals surface area contributed by atoms with Gasteiger partial charge in [-0.15, -0.1) is 0 Å². The molecule has 220 valence electrons. The van der Waals surface area contributed by atoms with Crippen molar-refractivity contribution in [3.05, 3.63) is 98.5 Å². The van der Waals surface area contributed by atoms with Crippen LogP contribution in [-0.4, -0.2) is 41.1 Å². The number of phenols is 1. The highest BCUT2D eigenvalue weighted by Crippen LogP contribution is 2.55. The number of thiazole rings is 1. The van der Waals surface area contributed by atoms with E-state index < -0.39 is 56.2 Å². The Morgan fingerprint density at radius 2 is 1.65 bits per heavy atom. The molecular formula is C29H24N4O7S3. The van der Waals surface area contributed by atoms with Gasteiger partial charge in [-0.1, -0.05) is 59.0 Å². The molecule has 0 aliphatic carbocycles. The summed E-state index contributed by atoms with van der Waals surface area (Å²) in [6, 6.07) is 18.8. The molecular weight excluding hydrogens is 613 g/mol. The normalized spacial score (nSPS) is 19.7. The summed E-state index contributed by atoms with van der Waals surface area (Å²) in [5.41, 5.74) is 2.09. The van der Waals surface area contributed by atoms with E-state index >= 15 is 0 Å². The first kappa shape index (κ1) is 28.9. The smallest absolute Gasteiger partial charge is 0.308 e. The Morgan fingerprint density at radius 1 is 0.977 bits per heavy atom. The van der Waals surface area contributed by atoms with E-state index in [1.165, 1.54) is 34.9 Å². The third-order valence-corrected chi connectivity index (χ3v) is 10.9. The highest BCUT2D eigenvalue weighted by atomic mass is 32.2. The number of anilines is 2. The average molecular weight is 637 g/mol. The van der Waals surface area contributed by atoms with Crippen LogP contribution in [-0.2, 0) is 31.0 Å². The van der Waals surface area contributed by atoms with Crippen LogP contribution in [0.15, 0.2) is 87.5 Å². The van der Waals surface area contributed by atoms with E-state index in [-0.39, 0.29) is 10.6 Å². The van der Waals surface area contributed by atoms with Crippen molar-refractivity contribution in [1.82, 2.24) is 4.57 Å². The third kappa shape index (κ3) is 5.16. The van der Waals surface area contributed by atoms with Crippen molar-refractivity contribution in [2.75, 3.05) is 10.2 Å². The SMILES string of the molecule is Cc1ccc(N2C(=O)C3Sc4c(sc(=O)n4CC(=O)Nc4ccc(S(N)(=O)=O)cc4)[C@@H](c4ccccc4O)C3C2=O)cc1. The molecule has 2 unspecified atom stereocenters. The van der Waals surface area contributed by atoms with Crippen LogP contribution in [0.3, 0.4) is 0 Å². The molecule has 0 bridgehead atoms. The summed E-state index contributed by atoms with van der Waals surface area (Å²) in [5, 5.41) is 18.1. The van der Waals surface area contributed by atoms with Crippen LogP contribution >= 0.6 is 23.1 Å². The number of fused-ring (bicyclic) bond motifs is 2. The predicted octanol–water partition coefficient (Wildman–Crippen LogP) is 3.01. The van der Waals surface area contributed by atoms with Crippen LogP contribution in [0.4, 0.5) is 11.4 Å². The Hall–Kier alpha value is -4.24. The summed E-state index contributed by atoms with van der Waals surface area (Å²) in [4.78, 5) is 55.1. The van der Waals surface area contributed by atoms with Gasteiger partial charge in [-0.3, -0.25) is 23.7 Å². The molecule has 2 aliphatic rings. The second kappa shape index (κ2) is 10.8. The minimum atomic E-state index is -3.91. The molecule has 3 aromatic carbocycles. The highest BCUT2D eigenvalue weighted by molar-refractivity contribution is 8.00. The summed E-state index contributed by atoms with van der Waals surface area (Å²) >= 11 is 1.93. The first-order valence-electron chi connectivity index (χ1n) is 13.0. The number of hydrogen-bond donors (Lipinski definition) is 3. The number of sulfonamides is 1. The van der Waals surface area contributed by atoms with Gasteiger partial charge in [0.05, 0.1) is 21.5 Å². The van der Waals surface area contributed by atoms with Gasteiger partial charge in [0.2, 0.25) is 27.7 Å². The molecule has 4 aromatic rings. The number of rotatable bonds is 6. The van der Waals surface area contributed by atoms with Gasteiger partial charge >= 0.3 is 4.87 Å². The number of benzene rings is 3. The predicted molar refractivity (Wildman–Crippen MR) is 162 cm³/mol. The van der Waals surface area contributed by atoms with Gasteiger partial charge in [0.25, 0.3) is 0 Å². The van der Waals surface area contributed by atoms with Crippen molar-refractivity contribution in [3.8, 4) is 5.75 Å². The lowest BCUT2D eigenvalue weighted by Crippen LogP contribution is -2.33. The van der Waals surface area contributed by atoms with Gasteiger partial charge in [-0.05, 0) is 49.4 Å². The van der Waals surface area contributed by atoms with Crippen molar-refractivity contribution in [1.29, 1.82) is 0 Å². The highest BCUT2D eigenvalue weighted by Gasteiger charge is 2.57. The summed E-state index contributed by atoms with van der Waals surface area (Å²) in [7, 11) is -3.91. The van der Waals surface area contributed by atoms with Crippen LogP contribution in [0.25, 0.3) is 0 Å². The monoisotopic (exact) mass is 636 g/mol. The summed E-state index contributed by atoms with van der Waals surface area (Å²) in [6.07, 6.45) is 0. The number of para-hydroxylation sites is 1. The number of nitrogens with one attached hydrogen (secondary N) is 1. The number of imide groups is 1. The van der Waals surface area contributed by atoms with E-state index in [1.54, 1.807) is 42.5 Å². The number of aryl methyl sites for hydroxylation is 1. The maximum absolute atomic E-state index is 13.9. The molecule has 0 saturated carbocycles. The minimum absolute atomic E-state index is 0.0776. The number of amides is 3. The quantitative estimate of drug-likeness (QED) is 0.271. The van der Waals surface area contributed by atoms with Crippen molar-refractivity contribution in [2.45, 2.75) is 34.6 Å². The number of hydrogen-bond acceptors (Lipinski definition) is 9. The van der Waals surface area contributed by atoms with Crippen molar-refractivity contribution >= 4 is 62.2 Å². The lowest BCUT2D eigenvalue weighted by Gasteiger charge is -2.31. The zero-order chi connectivity index (χ0) is 30.6. The van der Waals surface area contributed by atoms with Crippen molar-refractivity contribution in [3.63, 3.8) is 0 Å². The minimum Gasteiger partial charge on any atom is -0.508 e. The number of carbonyl (C=O) groups is 3. The zero-order valence-corrected chi connectivity index (χ0v) is 24.9. The molecule has 0 spiro atoms. The number of aromatic nitrogens is 1. The number of nitrogens with zero attached hydrogens (tertiary/aromatic N) is 2. The van der Waals surface area contributed by atoms with Crippen molar-refractivity contribution < 1.29 is 27.9 Å². The molecule has 1 saturated heterocycles. The van der Waals surface area contributed by atoms with Gasteiger partial charge < -0.3 is 10.4 Å². The lowest BCUT2D eigenvalue weighted by molar-refractivity contribution is -0.122. The molecule has 3 heterocycles. The molecule has 1 aromatic heterocycles. The summed E-state index contributed by atoms with van der Waals surface area (Å²) in [6.45, 7) is 1.50. The Balaban J connectivity index is 1.37. The van der Waals surface area contributed by atoms with E-state index in [4.69, 9.17) is 5.14 Å².